The van der Waals surface area contributed by atoms with Gasteiger partial charge in [0.25, 0.3) is 5.91 Å². The molecule has 0 saturated heterocycles. The Kier molecular flexibility index (Phi) is 7.14. The molecule has 0 aromatic heterocycles. The van der Waals surface area contributed by atoms with Gasteiger partial charge in [-0.2, -0.15) is 0 Å². The Balaban J connectivity index is 1.49. The summed E-state index contributed by atoms with van der Waals surface area (Å²) in [4.78, 5) is 25.9. The Labute approximate surface area is 166 Å². The van der Waals surface area contributed by atoms with Crippen LogP contribution < -0.4 is 15.4 Å². The first-order chi connectivity index (χ1) is 13.6. The minimum atomic E-state index is -0.263. The molecule has 7 nitrogen and oxygen atoms in total. The van der Waals surface area contributed by atoms with Gasteiger partial charge in [0.1, 0.15) is 11.4 Å². The van der Waals surface area contributed by atoms with Gasteiger partial charge in [-0.25, -0.2) is 0 Å². The number of nitrogens with one attached hydrogen (secondary N) is 2. The second-order valence-corrected chi connectivity index (χ2v) is 7.52. The lowest BCUT2D eigenvalue weighted by molar-refractivity contribution is -0.133. The molecule has 1 aliphatic carbocycles. The smallest absolute Gasteiger partial charge is 0.262 e. The molecule has 154 valence electrons. The SMILES string of the molecule is CCC(=O)N(CCNCCc1ccc(O)c2c1OCC(=O)N2)C1CCCCC1. The van der Waals surface area contributed by atoms with Crippen LogP contribution in [0.5, 0.6) is 11.5 Å². The summed E-state index contributed by atoms with van der Waals surface area (Å²) in [5, 5.41) is 16.0. The summed E-state index contributed by atoms with van der Waals surface area (Å²) in [5.74, 6) is 0.541. The topological polar surface area (TPSA) is 90.9 Å². The molecule has 1 fully saturated rings. The average Bonchev–Trinajstić information content (AvgIpc) is 2.72. The molecule has 1 aromatic rings. The average molecular weight is 389 g/mol. The van der Waals surface area contributed by atoms with Gasteiger partial charge < -0.3 is 25.4 Å². The Morgan fingerprint density at radius 1 is 1.29 bits per heavy atom. The number of carbonyl (C=O) groups excluding carboxylic acids is 2. The molecule has 1 aromatic carbocycles. The van der Waals surface area contributed by atoms with Crippen LogP contribution in [0.1, 0.15) is 51.0 Å². The van der Waals surface area contributed by atoms with Gasteiger partial charge in [0.2, 0.25) is 5.91 Å². The Morgan fingerprint density at radius 3 is 2.82 bits per heavy atom. The van der Waals surface area contributed by atoms with Crippen LogP contribution in [0.4, 0.5) is 5.69 Å². The number of carbonyl (C=O) groups is 2. The number of fused-ring (bicyclic) bond motifs is 1. The molecule has 1 saturated carbocycles. The van der Waals surface area contributed by atoms with E-state index in [1.54, 1.807) is 6.07 Å². The van der Waals surface area contributed by atoms with Crippen LogP contribution in [-0.4, -0.2) is 54.1 Å². The molecule has 0 atom stereocenters. The van der Waals surface area contributed by atoms with E-state index in [0.29, 0.717) is 30.3 Å². The molecule has 3 rings (SSSR count). The number of ether oxygens (including phenoxy) is 1. The molecule has 1 heterocycles. The minimum Gasteiger partial charge on any atom is -0.506 e. The first kappa shape index (κ1) is 20.5. The van der Waals surface area contributed by atoms with E-state index in [-0.39, 0.29) is 24.2 Å². The third-order valence-electron chi connectivity index (χ3n) is 5.57. The maximum atomic E-state index is 12.3. The van der Waals surface area contributed by atoms with Gasteiger partial charge >= 0.3 is 0 Å². The fourth-order valence-corrected chi connectivity index (χ4v) is 4.07. The van der Waals surface area contributed by atoms with E-state index in [1.807, 2.05) is 13.0 Å². The van der Waals surface area contributed by atoms with Crippen molar-refractivity contribution in [2.75, 3.05) is 31.6 Å². The van der Waals surface area contributed by atoms with Crippen molar-refractivity contribution in [3.05, 3.63) is 17.7 Å². The maximum absolute atomic E-state index is 12.3. The van der Waals surface area contributed by atoms with Crippen molar-refractivity contribution in [1.82, 2.24) is 10.2 Å². The van der Waals surface area contributed by atoms with E-state index in [2.05, 4.69) is 15.5 Å². The van der Waals surface area contributed by atoms with Gasteiger partial charge in [0, 0.05) is 25.6 Å². The lowest BCUT2D eigenvalue weighted by atomic mass is 9.94. The summed E-state index contributed by atoms with van der Waals surface area (Å²) < 4.78 is 5.52. The van der Waals surface area contributed by atoms with E-state index in [4.69, 9.17) is 4.74 Å². The second-order valence-electron chi connectivity index (χ2n) is 7.52. The van der Waals surface area contributed by atoms with Crippen LogP contribution in [0.15, 0.2) is 12.1 Å². The van der Waals surface area contributed by atoms with Crippen molar-refractivity contribution in [3.63, 3.8) is 0 Å². The number of hydrogen-bond donors (Lipinski definition) is 3. The van der Waals surface area contributed by atoms with Crippen LogP contribution in [0.2, 0.25) is 0 Å². The molecule has 2 amide bonds. The molecule has 28 heavy (non-hydrogen) atoms. The summed E-state index contributed by atoms with van der Waals surface area (Å²) in [6.07, 6.45) is 7.22. The predicted molar refractivity (Wildman–Crippen MR) is 108 cm³/mol. The van der Waals surface area contributed by atoms with E-state index in [0.717, 1.165) is 38.0 Å². The van der Waals surface area contributed by atoms with Gasteiger partial charge in [-0.3, -0.25) is 9.59 Å². The van der Waals surface area contributed by atoms with Crippen LogP contribution in [0, 0.1) is 0 Å². The number of aromatic hydroxyl groups is 1. The van der Waals surface area contributed by atoms with E-state index in [9.17, 15) is 14.7 Å². The van der Waals surface area contributed by atoms with Crippen molar-refractivity contribution < 1.29 is 19.4 Å². The molecule has 0 radical (unpaired) electrons. The highest BCUT2D eigenvalue weighted by atomic mass is 16.5. The van der Waals surface area contributed by atoms with Gasteiger partial charge in [0.15, 0.2) is 12.4 Å². The monoisotopic (exact) mass is 389 g/mol. The molecule has 1 aliphatic heterocycles. The van der Waals surface area contributed by atoms with Crippen molar-refractivity contribution in [3.8, 4) is 11.5 Å². The number of hydrogen-bond acceptors (Lipinski definition) is 5. The van der Waals surface area contributed by atoms with E-state index >= 15 is 0 Å². The Morgan fingerprint density at radius 2 is 2.07 bits per heavy atom. The highest BCUT2D eigenvalue weighted by molar-refractivity contribution is 5.97. The normalized spacial score (nSPS) is 16.8. The van der Waals surface area contributed by atoms with Crippen LogP contribution in [-0.2, 0) is 16.0 Å². The zero-order valence-electron chi connectivity index (χ0n) is 16.6. The van der Waals surface area contributed by atoms with Crippen LogP contribution in [0.25, 0.3) is 0 Å². The van der Waals surface area contributed by atoms with Gasteiger partial charge in [-0.1, -0.05) is 32.3 Å². The van der Waals surface area contributed by atoms with Crippen molar-refractivity contribution >= 4 is 17.5 Å². The minimum absolute atomic E-state index is 0.0148. The zero-order valence-corrected chi connectivity index (χ0v) is 16.6. The number of rotatable bonds is 8. The maximum Gasteiger partial charge on any atom is 0.262 e. The number of amides is 2. The fourth-order valence-electron chi connectivity index (χ4n) is 4.07. The molecule has 2 aliphatic rings. The summed E-state index contributed by atoms with van der Waals surface area (Å²) in [6, 6.07) is 3.79. The largest absolute Gasteiger partial charge is 0.506 e. The molecule has 7 heteroatoms. The second kappa shape index (κ2) is 9.78. The lowest BCUT2D eigenvalue weighted by Gasteiger charge is -2.34. The number of benzene rings is 1. The standard InChI is InChI=1S/C21H31N3O4/c1-2-19(27)24(16-6-4-3-5-7-16)13-12-22-11-10-15-8-9-17(25)20-21(15)28-14-18(26)23-20/h8-9,16,22,25H,2-7,10-14H2,1H3,(H,23,26). The summed E-state index contributed by atoms with van der Waals surface area (Å²) in [7, 11) is 0. The van der Waals surface area contributed by atoms with Gasteiger partial charge in [-0.05, 0) is 37.4 Å². The number of phenols is 1. The lowest BCUT2D eigenvalue weighted by Crippen LogP contribution is -2.44. The molecular formula is C21H31N3O4. The van der Waals surface area contributed by atoms with Crippen molar-refractivity contribution in [2.24, 2.45) is 0 Å². The molecular weight excluding hydrogens is 358 g/mol. The molecule has 0 bridgehead atoms. The third-order valence-corrected chi connectivity index (χ3v) is 5.57. The van der Waals surface area contributed by atoms with E-state index in [1.165, 1.54) is 19.3 Å². The number of anilines is 1. The van der Waals surface area contributed by atoms with Crippen molar-refractivity contribution in [1.29, 1.82) is 0 Å². The summed E-state index contributed by atoms with van der Waals surface area (Å²) >= 11 is 0. The Hall–Kier alpha value is -2.28. The first-order valence-electron chi connectivity index (χ1n) is 10.4. The van der Waals surface area contributed by atoms with Crippen molar-refractivity contribution in [2.45, 2.75) is 57.9 Å². The highest BCUT2D eigenvalue weighted by Crippen LogP contribution is 2.39. The van der Waals surface area contributed by atoms with Gasteiger partial charge in [0.05, 0.1) is 0 Å². The number of nitrogens with zero attached hydrogens (tertiary/aromatic N) is 1. The highest BCUT2D eigenvalue weighted by Gasteiger charge is 2.24. The Bertz CT molecular complexity index is 701. The predicted octanol–water partition coefficient (Wildman–Crippen LogP) is 2.43. The van der Waals surface area contributed by atoms with Crippen LogP contribution in [0.3, 0.4) is 0 Å². The molecule has 3 N–H and O–H groups in total. The van der Waals surface area contributed by atoms with E-state index < -0.39 is 0 Å². The first-order valence-corrected chi connectivity index (χ1v) is 10.4. The fraction of sp³-hybridized carbons (Fsp3) is 0.619. The van der Waals surface area contributed by atoms with Gasteiger partial charge in [-0.15, -0.1) is 0 Å². The summed E-state index contributed by atoms with van der Waals surface area (Å²) in [5.41, 5.74) is 1.29. The quantitative estimate of drug-likeness (QED) is 0.469. The molecule has 0 spiro atoms. The molecule has 0 unspecified atom stereocenters. The third kappa shape index (κ3) is 4.95. The number of phenolic OH excluding ortho intramolecular Hbond substituents is 1. The summed E-state index contributed by atoms with van der Waals surface area (Å²) in [6.45, 7) is 4.11. The zero-order chi connectivity index (χ0) is 19.9. The van der Waals surface area contributed by atoms with Crippen LogP contribution >= 0.6 is 0 Å².